The summed E-state index contributed by atoms with van der Waals surface area (Å²) in [6.45, 7) is 7.39. The first-order valence-electron chi connectivity index (χ1n) is 6.63. The topological polar surface area (TPSA) is 98.4 Å². The van der Waals surface area contributed by atoms with Crippen LogP contribution in [0.15, 0.2) is 0 Å². The largest absolute Gasteiger partial charge is 0.378 e. The lowest BCUT2D eigenvalue weighted by Gasteiger charge is -2.27. The number of morpholine rings is 1. The third-order valence-corrected chi connectivity index (χ3v) is 3.16. The predicted octanol–water partition coefficient (Wildman–Crippen LogP) is 0.127. The smallest absolute Gasteiger partial charge is 0.232 e. The summed E-state index contributed by atoms with van der Waals surface area (Å²) in [6.07, 6.45) is 0. The molecule has 0 saturated carbocycles. The zero-order valence-corrected chi connectivity index (χ0v) is 12.2. The summed E-state index contributed by atoms with van der Waals surface area (Å²) in [5.41, 5.74) is 5.44. The molecule has 8 nitrogen and oxygen atoms in total. The number of anilines is 3. The number of ether oxygens (including phenoxy) is 2. The van der Waals surface area contributed by atoms with E-state index < -0.39 is 0 Å². The number of nitrogens with zero attached hydrogens (tertiary/aromatic N) is 4. The van der Waals surface area contributed by atoms with Gasteiger partial charge in [-0.1, -0.05) is 0 Å². The van der Waals surface area contributed by atoms with E-state index in [1.807, 2.05) is 18.7 Å². The van der Waals surface area contributed by atoms with E-state index in [1.165, 1.54) is 0 Å². The van der Waals surface area contributed by atoms with Crippen molar-refractivity contribution in [1.82, 2.24) is 15.0 Å². The molecule has 0 atom stereocenters. The van der Waals surface area contributed by atoms with Crippen LogP contribution in [-0.4, -0.2) is 60.5 Å². The second kappa shape index (κ2) is 6.19. The van der Waals surface area contributed by atoms with E-state index in [9.17, 15) is 0 Å². The van der Waals surface area contributed by atoms with Crippen LogP contribution < -0.4 is 16.0 Å². The highest BCUT2D eigenvalue weighted by molar-refractivity contribution is 5.42. The fourth-order valence-corrected chi connectivity index (χ4v) is 1.73. The highest BCUT2D eigenvalue weighted by Crippen LogP contribution is 2.15. The molecule has 1 fully saturated rings. The van der Waals surface area contributed by atoms with E-state index in [1.54, 1.807) is 7.11 Å². The number of aromatic nitrogens is 3. The fraction of sp³-hybridized carbons (Fsp3) is 0.750. The summed E-state index contributed by atoms with van der Waals surface area (Å²) < 4.78 is 10.7. The maximum Gasteiger partial charge on any atom is 0.232 e. The zero-order chi connectivity index (χ0) is 14.6. The molecule has 1 saturated heterocycles. The Balaban J connectivity index is 2.08. The van der Waals surface area contributed by atoms with E-state index in [0.717, 1.165) is 13.1 Å². The summed E-state index contributed by atoms with van der Waals surface area (Å²) in [6, 6.07) is 0. The van der Waals surface area contributed by atoms with Crippen LogP contribution in [-0.2, 0) is 9.47 Å². The average Bonchev–Trinajstić information content (AvgIpc) is 2.46. The molecular formula is C12H22N6O2. The number of nitrogens with two attached hydrogens (primary N) is 1. The number of hydrogen-bond donors (Lipinski definition) is 2. The van der Waals surface area contributed by atoms with Gasteiger partial charge in [0.1, 0.15) is 0 Å². The van der Waals surface area contributed by atoms with Crippen LogP contribution in [0.5, 0.6) is 0 Å². The van der Waals surface area contributed by atoms with Crippen molar-refractivity contribution in [2.75, 3.05) is 55.9 Å². The van der Waals surface area contributed by atoms with Gasteiger partial charge in [-0.2, -0.15) is 15.0 Å². The molecule has 1 aliphatic rings. The minimum atomic E-state index is -0.305. The first kappa shape index (κ1) is 14.7. The predicted molar refractivity (Wildman–Crippen MR) is 76.8 cm³/mol. The Morgan fingerprint density at radius 2 is 2.00 bits per heavy atom. The van der Waals surface area contributed by atoms with Crippen molar-refractivity contribution in [2.45, 2.75) is 19.4 Å². The van der Waals surface area contributed by atoms with Gasteiger partial charge in [0.2, 0.25) is 17.8 Å². The van der Waals surface area contributed by atoms with E-state index in [-0.39, 0.29) is 11.5 Å². The first-order valence-corrected chi connectivity index (χ1v) is 6.63. The normalized spacial score (nSPS) is 16.2. The molecule has 0 aliphatic carbocycles. The van der Waals surface area contributed by atoms with E-state index in [2.05, 4.69) is 20.3 Å². The van der Waals surface area contributed by atoms with Crippen LogP contribution in [0.2, 0.25) is 0 Å². The van der Waals surface area contributed by atoms with Crippen LogP contribution in [0, 0.1) is 0 Å². The van der Waals surface area contributed by atoms with Crippen LogP contribution in [0.4, 0.5) is 17.8 Å². The minimum Gasteiger partial charge on any atom is -0.378 e. The molecule has 2 heterocycles. The molecule has 2 rings (SSSR count). The maximum absolute atomic E-state index is 5.75. The van der Waals surface area contributed by atoms with Crippen molar-refractivity contribution >= 4 is 17.8 Å². The summed E-state index contributed by atoms with van der Waals surface area (Å²) in [5.74, 6) is 1.25. The summed E-state index contributed by atoms with van der Waals surface area (Å²) in [7, 11) is 1.67. The monoisotopic (exact) mass is 282 g/mol. The zero-order valence-electron chi connectivity index (χ0n) is 12.2. The third kappa shape index (κ3) is 3.91. The summed E-state index contributed by atoms with van der Waals surface area (Å²) in [4.78, 5) is 14.7. The second-order valence-electron chi connectivity index (χ2n) is 5.23. The number of methoxy groups -OCH3 is 1. The minimum absolute atomic E-state index is 0.208. The molecule has 0 amide bonds. The van der Waals surface area contributed by atoms with Gasteiger partial charge >= 0.3 is 0 Å². The Hall–Kier alpha value is -1.67. The molecule has 1 aromatic rings. The van der Waals surface area contributed by atoms with Gasteiger partial charge in [0, 0.05) is 26.7 Å². The second-order valence-corrected chi connectivity index (χ2v) is 5.23. The van der Waals surface area contributed by atoms with Crippen molar-refractivity contribution in [3.05, 3.63) is 0 Å². The SMILES string of the molecule is COC(C)(C)CNc1nc(N)nc(N2CCOCC2)n1. The standard InChI is InChI=1S/C12H22N6O2/c1-12(2,19-3)8-14-10-15-9(13)16-11(17-10)18-4-6-20-7-5-18/h4-8H2,1-3H3,(H3,13,14,15,16,17). The molecule has 0 bridgehead atoms. The Morgan fingerprint density at radius 1 is 1.30 bits per heavy atom. The van der Waals surface area contributed by atoms with Crippen LogP contribution in [0.3, 0.4) is 0 Å². The Labute approximate surface area is 118 Å². The van der Waals surface area contributed by atoms with Gasteiger partial charge in [0.15, 0.2) is 0 Å². The highest BCUT2D eigenvalue weighted by Gasteiger charge is 2.19. The molecule has 20 heavy (non-hydrogen) atoms. The van der Waals surface area contributed by atoms with Crippen molar-refractivity contribution in [2.24, 2.45) is 0 Å². The van der Waals surface area contributed by atoms with Gasteiger partial charge in [0.25, 0.3) is 0 Å². The fourth-order valence-electron chi connectivity index (χ4n) is 1.73. The van der Waals surface area contributed by atoms with E-state index in [4.69, 9.17) is 15.2 Å². The van der Waals surface area contributed by atoms with Crippen molar-refractivity contribution < 1.29 is 9.47 Å². The first-order chi connectivity index (χ1) is 9.50. The molecule has 1 aliphatic heterocycles. The molecule has 0 unspecified atom stereocenters. The third-order valence-electron chi connectivity index (χ3n) is 3.16. The number of rotatable bonds is 5. The Bertz CT molecular complexity index is 448. The quantitative estimate of drug-likeness (QED) is 0.786. The highest BCUT2D eigenvalue weighted by atomic mass is 16.5. The van der Waals surface area contributed by atoms with Crippen LogP contribution in [0.1, 0.15) is 13.8 Å². The average molecular weight is 282 g/mol. The summed E-state index contributed by atoms with van der Waals surface area (Å²) in [5, 5.41) is 3.13. The van der Waals surface area contributed by atoms with Gasteiger partial charge in [0.05, 0.1) is 18.8 Å². The lowest BCUT2D eigenvalue weighted by Crippen LogP contribution is -2.38. The molecular weight excluding hydrogens is 260 g/mol. The molecule has 3 N–H and O–H groups in total. The van der Waals surface area contributed by atoms with Crippen molar-refractivity contribution in [3.8, 4) is 0 Å². The van der Waals surface area contributed by atoms with Gasteiger partial charge < -0.3 is 25.4 Å². The number of hydrogen-bond acceptors (Lipinski definition) is 8. The Morgan fingerprint density at radius 3 is 2.65 bits per heavy atom. The molecule has 112 valence electrons. The van der Waals surface area contributed by atoms with E-state index in [0.29, 0.717) is 31.7 Å². The molecule has 0 spiro atoms. The lowest BCUT2D eigenvalue weighted by molar-refractivity contribution is 0.0342. The van der Waals surface area contributed by atoms with Gasteiger partial charge in [-0.15, -0.1) is 0 Å². The number of nitrogen functional groups attached to an aromatic ring is 1. The number of nitrogens with one attached hydrogen (secondary N) is 1. The van der Waals surface area contributed by atoms with Crippen molar-refractivity contribution in [3.63, 3.8) is 0 Å². The maximum atomic E-state index is 5.75. The van der Waals surface area contributed by atoms with Crippen molar-refractivity contribution in [1.29, 1.82) is 0 Å². The lowest BCUT2D eigenvalue weighted by atomic mass is 10.1. The van der Waals surface area contributed by atoms with Gasteiger partial charge in [-0.25, -0.2) is 0 Å². The van der Waals surface area contributed by atoms with E-state index >= 15 is 0 Å². The summed E-state index contributed by atoms with van der Waals surface area (Å²) >= 11 is 0. The Kier molecular flexibility index (Phi) is 4.56. The molecule has 1 aromatic heterocycles. The van der Waals surface area contributed by atoms with Gasteiger partial charge in [-0.05, 0) is 13.8 Å². The molecule has 0 aromatic carbocycles. The molecule has 8 heteroatoms. The van der Waals surface area contributed by atoms with Gasteiger partial charge in [-0.3, -0.25) is 0 Å². The van der Waals surface area contributed by atoms with Crippen LogP contribution in [0.25, 0.3) is 0 Å². The van der Waals surface area contributed by atoms with Crippen LogP contribution >= 0.6 is 0 Å². The molecule has 0 radical (unpaired) electrons.